The smallest absolute Gasteiger partial charge is 0.344 e. The average Bonchev–Trinajstić information content (AvgIpc) is 3.50. The number of rotatable bonds is 4. The number of esters is 1. The van der Waals surface area contributed by atoms with Crippen molar-refractivity contribution in [3.63, 3.8) is 0 Å². The van der Waals surface area contributed by atoms with Crippen LogP contribution in [0.3, 0.4) is 0 Å². The highest BCUT2D eigenvalue weighted by Gasteiger charge is 2.44. The second-order valence-corrected chi connectivity index (χ2v) is 13.5. The molecule has 0 radical (unpaired) electrons. The first kappa shape index (κ1) is 38.3. The molecule has 13 nitrogen and oxygen atoms in total. The third-order valence-corrected chi connectivity index (χ3v) is 9.04. The molecule has 3 heterocycles. The zero-order chi connectivity index (χ0) is 36.0. The summed E-state index contributed by atoms with van der Waals surface area (Å²) in [4.78, 5) is 74.8. The SMILES string of the molecule is CC(C)C[C@H]1NC(=O)c2ccccc2OCC(=O)OCCCCCCCCNC(=O)[C@H](Cc2cccnc2)N(C)C(=O)[C@H]2C[C@H](O)CN2C1=O. The summed E-state index contributed by atoms with van der Waals surface area (Å²) in [6, 6.07) is 7.06. The van der Waals surface area contributed by atoms with Crippen molar-refractivity contribution in [3.8, 4) is 5.75 Å². The lowest BCUT2D eigenvalue weighted by atomic mass is 10.0. The number of ether oxygens (including phenoxy) is 2. The minimum Gasteiger partial charge on any atom is -0.481 e. The van der Waals surface area contributed by atoms with Gasteiger partial charge in [-0.2, -0.15) is 0 Å². The number of nitrogens with one attached hydrogen (secondary N) is 2. The van der Waals surface area contributed by atoms with E-state index >= 15 is 0 Å². The molecule has 1 fully saturated rings. The molecule has 1 aromatic carbocycles. The Labute approximate surface area is 294 Å². The summed E-state index contributed by atoms with van der Waals surface area (Å²) in [5.41, 5.74) is 0.899. The summed E-state index contributed by atoms with van der Waals surface area (Å²) < 4.78 is 11.0. The van der Waals surface area contributed by atoms with Gasteiger partial charge in [-0.25, -0.2) is 4.79 Å². The van der Waals surface area contributed by atoms with Crippen LogP contribution in [-0.4, -0.2) is 107 Å². The van der Waals surface area contributed by atoms with Gasteiger partial charge in [0.15, 0.2) is 6.61 Å². The molecule has 4 rings (SSSR count). The number of benzene rings is 1. The van der Waals surface area contributed by atoms with Gasteiger partial charge in [-0.3, -0.25) is 24.2 Å². The lowest BCUT2D eigenvalue weighted by molar-refractivity contribution is -0.147. The van der Waals surface area contributed by atoms with Crippen molar-refractivity contribution in [1.29, 1.82) is 0 Å². The number of nitrogens with zero attached hydrogens (tertiary/aromatic N) is 3. The van der Waals surface area contributed by atoms with Gasteiger partial charge in [0.2, 0.25) is 17.7 Å². The summed E-state index contributed by atoms with van der Waals surface area (Å²) in [7, 11) is 1.54. The molecule has 2 aromatic rings. The maximum absolute atomic E-state index is 14.2. The van der Waals surface area contributed by atoms with Crippen LogP contribution in [0.4, 0.5) is 0 Å². The number of cyclic esters (lactones) is 1. The Hall–Kier alpha value is -4.52. The summed E-state index contributed by atoms with van der Waals surface area (Å²) in [6.07, 6.45) is 7.93. The topological polar surface area (TPSA) is 167 Å². The predicted octanol–water partition coefficient (Wildman–Crippen LogP) is 2.65. The van der Waals surface area contributed by atoms with Crippen LogP contribution in [0.15, 0.2) is 48.8 Å². The third kappa shape index (κ3) is 11.0. The second-order valence-electron chi connectivity index (χ2n) is 13.5. The van der Waals surface area contributed by atoms with Gasteiger partial charge in [0.25, 0.3) is 5.91 Å². The van der Waals surface area contributed by atoms with Crippen LogP contribution in [0.1, 0.15) is 81.1 Å². The maximum Gasteiger partial charge on any atom is 0.344 e. The first-order valence-corrected chi connectivity index (χ1v) is 17.6. The van der Waals surface area contributed by atoms with Gasteiger partial charge in [0, 0.05) is 45.4 Å². The average molecular weight is 694 g/mol. The number of aliphatic hydroxyl groups excluding tert-OH is 1. The molecule has 2 aliphatic heterocycles. The number of carbonyl (C=O) groups is 5. The van der Waals surface area contributed by atoms with Crippen molar-refractivity contribution < 1.29 is 38.6 Å². The quantitative estimate of drug-likeness (QED) is 0.408. The maximum atomic E-state index is 14.2. The van der Waals surface area contributed by atoms with E-state index in [9.17, 15) is 29.1 Å². The fraction of sp³-hybridized carbons (Fsp3) is 0.568. The number of amides is 4. The fourth-order valence-corrected chi connectivity index (χ4v) is 6.36. The van der Waals surface area contributed by atoms with Gasteiger partial charge < -0.3 is 35.0 Å². The number of likely N-dealkylation sites (N-methyl/N-ethyl adjacent to an activating group) is 1. The van der Waals surface area contributed by atoms with Crippen molar-refractivity contribution in [1.82, 2.24) is 25.4 Å². The Balaban J connectivity index is 1.61. The molecule has 13 heteroatoms. The molecule has 1 aromatic heterocycles. The van der Waals surface area contributed by atoms with Crippen LogP contribution in [-0.2, 0) is 30.3 Å². The summed E-state index contributed by atoms with van der Waals surface area (Å²) in [6.45, 7) is 4.04. The van der Waals surface area contributed by atoms with E-state index in [1.54, 1.807) is 43.7 Å². The van der Waals surface area contributed by atoms with E-state index in [4.69, 9.17) is 9.47 Å². The van der Waals surface area contributed by atoms with Gasteiger partial charge in [-0.05, 0) is 48.9 Å². The zero-order valence-corrected chi connectivity index (χ0v) is 29.3. The fourth-order valence-electron chi connectivity index (χ4n) is 6.36. The number of pyridine rings is 1. The van der Waals surface area contributed by atoms with E-state index in [1.165, 1.54) is 15.9 Å². The van der Waals surface area contributed by atoms with E-state index in [1.807, 2.05) is 19.9 Å². The molecule has 4 amide bonds. The normalized spacial score (nSPS) is 24.2. The summed E-state index contributed by atoms with van der Waals surface area (Å²) in [5, 5.41) is 16.5. The molecule has 2 aliphatic rings. The molecule has 272 valence electrons. The third-order valence-electron chi connectivity index (χ3n) is 9.04. The Morgan fingerprint density at radius 3 is 2.42 bits per heavy atom. The largest absolute Gasteiger partial charge is 0.481 e. The van der Waals surface area contributed by atoms with E-state index in [0.717, 1.165) is 37.7 Å². The minimum atomic E-state index is -1.05. The van der Waals surface area contributed by atoms with Gasteiger partial charge in [-0.15, -0.1) is 0 Å². The standard InChI is InChI=1S/C37H51N5O8/c1-25(2)19-29-36(47)42-23-27(43)21-31(42)37(48)41(3)30(20-26-13-12-16-38-22-26)35(46)39-17-10-6-4-5-7-11-18-49-33(44)24-50-32-15-9-8-14-28(32)34(45)40-29/h8-9,12-16,22,25,27,29-31,43H,4-7,10-11,17-21,23-24H2,1-3H3,(H,39,46)(H,40,45)/t27-,29+,30-,31+/m0/s1. The van der Waals surface area contributed by atoms with Crippen LogP contribution in [0.25, 0.3) is 0 Å². The van der Waals surface area contributed by atoms with Crippen molar-refractivity contribution >= 4 is 29.6 Å². The lowest BCUT2D eigenvalue weighted by Gasteiger charge is -2.34. The van der Waals surface area contributed by atoms with Crippen LogP contribution in [0.5, 0.6) is 5.75 Å². The molecular formula is C37H51N5O8. The van der Waals surface area contributed by atoms with E-state index in [-0.39, 0.29) is 62.2 Å². The first-order valence-electron chi connectivity index (χ1n) is 17.6. The molecule has 3 N–H and O–H groups in total. The number of aromatic nitrogens is 1. The number of hydrogen-bond acceptors (Lipinski definition) is 9. The molecule has 0 spiro atoms. The molecule has 0 saturated carbocycles. The zero-order valence-electron chi connectivity index (χ0n) is 29.3. The predicted molar refractivity (Wildman–Crippen MR) is 185 cm³/mol. The van der Waals surface area contributed by atoms with Gasteiger partial charge >= 0.3 is 5.97 Å². The van der Waals surface area contributed by atoms with Crippen LogP contribution < -0.4 is 15.4 Å². The van der Waals surface area contributed by atoms with E-state index in [2.05, 4.69) is 15.6 Å². The number of carbonyl (C=O) groups excluding carboxylic acids is 5. The van der Waals surface area contributed by atoms with Gasteiger partial charge in [0.05, 0.1) is 18.3 Å². The first-order chi connectivity index (χ1) is 24.0. The lowest BCUT2D eigenvalue weighted by Crippen LogP contribution is -2.57. The number of para-hydroxylation sites is 1. The number of fused-ring (bicyclic) bond motifs is 2. The van der Waals surface area contributed by atoms with Crippen molar-refractivity contribution in [2.75, 3.05) is 33.4 Å². The highest BCUT2D eigenvalue weighted by atomic mass is 16.6. The minimum absolute atomic E-state index is 0.00867. The molecule has 0 unspecified atom stereocenters. The van der Waals surface area contributed by atoms with Crippen molar-refractivity contribution in [2.24, 2.45) is 5.92 Å². The molecule has 0 aliphatic carbocycles. The van der Waals surface area contributed by atoms with E-state index < -0.39 is 47.9 Å². The van der Waals surface area contributed by atoms with Crippen molar-refractivity contribution in [2.45, 2.75) is 95.9 Å². The number of hydrogen-bond donors (Lipinski definition) is 3. The Kier molecular flexibility index (Phi) is 14.6. The molecule has 0 bridgehead atoms. The molecule has 1 saturated heterocycles. The monoisotopic (exact) mass is 693 g/mol. The molecule has 50 heavy (non-hydrogen) atoms. The highest BCUT2D eigenvalue weighted by molar-refractivity contribution is 6.00. The van der Waals surface area contributed by atoms with Crippen LogP contribution in [0, 0.1) is 5.92 Å². The highest BCUT2D eigenvalue weighted by Crippen LogP contribution is 2.25. The summed E-state index contributed by atoms with van der Waals surface area (Å²) >= 11 is 0. The van der Waals surface area contributed by atoms with Crippen LogP contribution in [0.2, 0.25) is 0 Å². The Morgan fingerprint density at radius 1 is 0.940 bits per heavy atom. The molecular weight excluding hydrogens is 642 g/mol. The van der Waals surface area contributed by atoms with E-state index in [0.29, 0.717) is 13.0 Å². The van der Waals surface area contributed by atoms with Gasteiger partial charge in [-0.1, -0.05) is 57.7 Å². The molecule has 4 atom stereocenters. The Morgan fingerprint density at radius 2 is 1.68 bits per heavy atom. The van der Waals surface area contributed by atoms with Crippen molar-refractivity contribution in [3.05, 3.63) is 59.9 Å². The van der Waals surface area contributed by atoms with Crippen LogP contribution >= 0.6 is 0 Å². The number of aliphatic hydroxyl groups is 1. The van der Waals surface area contributed by atoms with Gasteiger partial charge in [0.1, 0.15) is 23.9 Å². The second kappa shape index (κ2) is 19.0. The summed E-state index contributed by atoms with van der Waals surface area (Å²) in [5.74, 6) is -2.32. The Bertz CT molecular complexity index is 1450.